The maximum atomic E-state index is 12.0. The van der Waals surface area contributed by atoms with Crippen molar-refractivity contribution in [3.8, 4) is 11.5 Å². The van der Waals surface area contributed by atoms with Gasteiger partial charge < -0.3 is 20.1 Å². The minimum absolute atomic E-state index is 0.0482. The number of anilines is 1. The molecule has 0 aliphatic carbocycles. The lowest BCUT2D eigenvalue weighted by Crippen LogP contribution is -2.32. The van der Waals surface area contributed by atoms with Gasteiger partial charge in [-0.2, -0.15) is 0 Å². The number of urea groups is 1. The van der Waals surface area contributed by atoms with Gasteiger partial charge in [-0.3, -0.25) is 10.1 Å². The molecule has 25 heavy (non-hydrogen) atoms. The standard InChI is InChI=1S/C17H19N3O5/c1-11-5-4-6-15(12(11)2)25-10-18-17(21)19-14-9-13(20(22)23)7-8-16(14)24-3/h4-9H,10H2,1-3H3,(H2,18,19,21). The van der Waals surface area contributed by atoms with Gasteiger partial charge in [0.25, 0.3) is 5.69 Å². The van der Waals surface area contributed by atoms with Gasteiger partial charge >= 0.3 is 6.03 Å². The van der Waals surface area contributed by atoms with Crippen molar-refractivity contribution >= 4 is 17.4 Å². The number of benzene rings is 2. The van der Waals surface area contributed by atoms with Crippen molar-refractivity contribution in [3.63, 3.8) is 0 Å². The third-order valence-electron chi connectivity index (χ3n) is 3.66. The summed E-state index contributed by atoms with van der Waals surface area (Å²) in [6.45, 7) is 3.85. The number of aryl methyl sites for hydroxylation is 1. The van der Waals surface area contributed by atoms with Gasteiger partial charge in [0.15, 0.2) is 6.73 Å². The lowest BCUT2D eigenvalue weighted by atomic mass is 10.1. The van der Waals surface area contributed by atoms with Gasteiger partial charge in [-0.15, -0.1) is 0 Å². The summed E-state index contributed by atoms with van der Waals surface area (Å²) in [4.78, 5) is 22.3. The van der Waals surface area contributed by atoms with Crippen molar-refractivity contribution in [2.75, 3.05) is 19.2 Å². The summed E-state index contributed by atoms with van der Waals surface area (Å²) >= 11 is 0. The van der Waals surface area contributed by atoms with Crippen LogP contribution in [0.5, 0.6) is 11.5 Å². The average Bonchev–Trinajstić information content (AvgIpc) is 2.58. The molecule has 2 amide bonds. The summed E-state index contributed by atoms with van der Waals surface area (Å²) in [6, 6.07) is 9.02. The number of hydrogen-bond acceptors (Lipinski definition) is 5. The Morgan fingerprint density at radius 2 is 1.96 bits per heavy atom. The van der Waals surface area contributed by atoms with Crippen LogP contribution in [0.15, 0.2) is 36.4 Å². The van der Waals surface area contributed by atoms with Crippen molar-refractivity contribution in [3.05, 3.63) is 57.6 Å². The van der Waals surface area contributed by atoms with E-state index in [4.69, 9.17) is 9.47 Å². The van der Waals surface area contributed by atoms with Crippen LogP contribution in [-0.4, -0.2) is 24.8 Å². The van der Waals surface area contributed by atoms with Crippen molar-refractivity contribution in [2.45, 2.75) is 13.8 Å². The van der Waals surface area contributed by atoms with Crippen LogP contribution in [0.4, 0.5) is 16.2 Å². The van der Waals surface area contributed by atoms with E-state index < -0.39 is 11.0 Å². The summed E-state index contributed by atoms with van der Waals surface area (Å²) in [5.41, 5.74) is 2.12. The van der Waals surface area contributed by atoms with E-state index >= 15 is 0 Å². The molecule has 0 fully saturated rings. The Labute approximate surface area is 144 Å². The zero-order valence-corrected chi connectivity index (χ0v) is 14.2. The summed E-state index contributed by atoms with van der Waals surface area (Å²) in [5, 5.41) is 15.9. The Morgan fingerprint density at radius 1 is 1.20 bits per heavy atom. The highest BCUT2D eigenvalue weighted by molar-refractivity contribution is 5.91. The Bertz CT molecular complexity index is 792. The van der Waals surface area contributed by atoms with Crippen LogP contribution in [0.1, 0.15) is 11.1 Å². The highest BCUT2D eigenvalue weighted by Gasteiger charge is 2.13. The fourth-order valence-electron chi connectivity index (χ4n) is 2.13. The topological polar surface area (TPSA) is 103 Å². The number of ether oxygens (including phenoxy) is 2. The molecule has 0 aliphatic rings. The summed E-state index contributed by atoms with van der Waals surface area (Å²) in [7, 11) is 1.41. The first kappa shape index (κ1) is 18.1. The zero-order valence-electron chi connectivity index (χ0n) is 14.2. The second-order valence-corrected chi connectivity index (χ2v) is 5.26. The third-order valence-corrected chi connectivity index (χ3v) is 3.66. The van der Waals surface area contributed by atoms with Gasteiger partial charge in [0.1, 0.15) is 11.5 Å². The molecule has 0 unspecified atom stereocenters. The number of nitrogens with one attached hydrogen (secondary N) is 2. The molecule has 8 heteroatoms. The second kappa shape index (κ2) is 8.00. The number of hydrogen-bond donors (Lipinski definition) is 2. The van der Waals surface area contributed by atoms with Crippen LogP contribution in [0.25, 0.3) is 0 Å². The molecule has 0 saturated heterocycles. The molecular weight excluding hydrogens is 326 g/mol. The molecule has 8 nitrogen and oxygen atoms in total. The second-order valence-electron chi connectivity index (χ2n) is 5.26. The molecule has 0 aliphatic heterocycles. The van der Waals surface area contributed by atoms with Crippen LogP contribution in [0.3, 0.4) is 0 Å². The minimum atomic E-state index is -0.566. The number of nitro groups is 1. The van der Waals surface area contributed by atoms with E-state index in [2.05, 4.69) is 10.6 Å². The van der Waals surface area contributed by atoms with E-state index in [1.165, 1.54) is 25.3 Å². The van der Waals surface area contributed by atoms with Gasteiger partial charge in [-0.1, -0.05) is 12.1 Å². The van der Waals surface area contributed by atoms with Gasteiger partial charge in [-0.25, -0.2) is 4.79 Å². The lowest BCUT2D eigenvalue weighted by molar-refractivity contribution is -0.384. The highest BCUT2D eigenvalue weighted by atomic mass is 16.6. The number of carbonyl (C=O) groups excluding carboxylic acids is 1. The van der Waals surface area contributed by atoms with E-state index in [-0.39, 0.29) is 18.1 Å². The van der Waals surface area contributed by atoms with E-state index in [0.29, 0.717) is 11.5 Å². The fourth-order valence-corrected chi connectivity index (χ4v) is 2.13. The van der Waals surface area contributed by atoms with Gasteiger partial charge in [-0.05, 0) is 37.1 Å². The zero-order chi connectivity index (χ0) is 18.4. The Balaban J connectivity index is 1.97. The molecule has 0 heterocycles. The molecular formula is C17H19N3O5. The number of carbonyl (C=O) groups is 1. The van der Waals surface area contributed by atoms with E-state index in [9.17, 15) is 14.9 Å². The van der Waals surface area contributed by atoms with Crippen molar-refractivity contribution in [2.24, 2.45) is 0 Å². The smallest absolute Gasteiger partial charge is 0.321 e. The number of nitrogens with zero attached hydrogens (tertiary/aromatic N) is 1. The number of non-ortho nitro benzene ring substituents is 1. The molecule has 132 valence electrons. The molecule has 2 N–H and O–H groups in total. The Kier molecular flexibility index (Phi) is 5.78. The van der Waals surface area contributed by atoms with Gasteiger partial charge in [0.2, 0.25) is 0 Å². The van der Waals surface area contributed by atoms with E-state index in [0.717, 1.165) is 11.1 Å². The molecule has 0 saturated carbocycles. The van der Waals surface area contributed by atoms with Crippen molar-refractivity contribution < 1.29 is 19.2 Å². The minimum Gasteiger partial charge on any atom is -0.495 e. The number of methoxy groups -OCH3 is 1. The van der Waals surface area contributed by atoms with Crippen molar-refractivity contribution in [1.82, 2.24) is 5.32 Å². The average molecular weight is 345 g/mol. The SMILES string of the molecule is COc1ccc([N+](=O)[O-])cc1NC(=O)NCOc1cccc(C)c1C. The molecule has 0 radical (unpaired) electrons. The summed E-state index contributed by atoms with van der Waals surface area (Å²) in [5.74, 6) is 0.990. The molecule has 2 aromatic rings. The van der Waals surface area contributed by atoms with Crippen LogP contribution in [0, 0.1) is 24.0 Å². The summed E-state index contributed by atoms with van der Waals surface area (Å²) in [6.07, 6.45) is 0. The maximum absolute atomic E-state index is 12.0. The molecule has 0 aromatic heterocycles. The van der Waals surface area contributed by atoms with E-state index in [1.54, 1.807) is 0 Å². The first-order valence-corrected chi connectivity index (χ1v) is 7.48. The normalized spacial score (nSPS) is 10.0. The fraction of sp³-hybridized carbons (Fsp3) is 0.235. The lowest BCUT2D eigenvalue weighted by Gasteiger charge is -2.13. The van der Waals surface area contributed by atoms with Gasteiger partial charge in [0.05, 0.1) is 17.7 Å². The first-order chi connectivity index (χ1) is 11.9. The number of amides is 2. The monoisotopic (exact) mass is 345 g/mol. The third kappa shape index (κ3) is 4.60. The quantitative estimate of drug-likeness (QED) is 0.475. The van der Waals surface area contributed by atoms with Crippen LogP contribution in [0.2, 0.25) is 0 Å². The first-order valence-electron chi connectivity index (χ1n) is 7.48. The molecule has 2 rings (SSSR count). The maximum Gasteiger partial charge on any atom is 0.321 e. The van der Waals surface area contributed by atoms with Crippen molar-refractivity contribution in [1.29, 1.82) is 0 Å². The van der Waals surface area contributed by atoms with Crippen LogP contribution in [-0.2, 0) is 0 Å². The molecule has 0 atom stereocenters. The van der Waals surface area contributed by atoms with Crippen LogP contribution >= 0.6 is 0 Å². The Hall–Kier alpha value is -3.29. The predicted molar refractivity (Wildman–Crippen MR) is 93.2 cm³/mol. The number of nitro benzene ring substituents is 1. The summed E-state index contributed by atoms with van der Waals surface area (Å²) < 4.78 is 10.6. The molecule has 0 spiro atoms. The molecule has 0 bridgehead atoms. The van der Waals surface area contributed by atoms with E-state index in [1.807, 2.05) is 32.0 Å². The Morgan fingerprint density at radius 3 is 2.64 bits per heavy atom. The predicted octanol–water partition coefficient (Wildman–Crippen LogP) is 3.38. The largest absolute Gasteiger partial charge is 0.495 e. The number of rotatable bonds is 6. The van der Waals surface area contributed by atoms with Crippen LogP contribution < -0.4 is 20.1 Å². The van der Waals surface area contributed by atoms with Gasteiger partial charge in [0, 0.05) is 12.1 Å². The highest BCUT2D eigenvalue weighted by Crippen LogP contribution is 2.28. The molecule has 2 aromatic carbocycles.